The molecule has 1 fully saturated rings. The van der Waals surface area contributed by atoms with Gasteiger partial charge >= 0.3 is 6.03 Å². The van der Waals surface area contributed by atoms with Crippen LogP contribution >= 0.6 is 0 Å². The van der Waals surface area contributed by atoms with Crippen molar-refractivity contribution < 1.29 is 14.3 Å². The number of urea groups is 1. The number of nitrogens with one attached hydrogen (secondary N) is 4. The predicted molar refractivity (Wildman–Crippen MR) is 151 cm³/mol. The summed E-state index contributed by atoms with van der Waals surface area (Å²) in [6, 6.07) is 13.8. The summed E-state index contributed by atoms with van der Waals surface area (Å²) < 4.78 is 5.63. The number of methoxy groups -OCH3 is 1. The van der Waals surface area contributed by atoms with Crippen molar-refractivity contribution in [2.24, 2.45) is 0 Å². The van der Waals surface area contributed by atoms with E-state index >= 15 is 0 Å². The second-order valence-electron chi connectivity index (χ2n) is 8.55. The summed E-state index contributed by atoms with van der Waals surface area (Å²) in [7, 11) is 1.63. The average molecular weight is 517 g/mol. The molecule has 3 aromatic rings. The smallest absolute Gasteiger partial charge is 0.324 e. The molecule has 1 saturated heterocycles. The largest absolute Gasteiger partial charge is 0.494 e. The van der Waals surface area contributed by atoms with E-state index in [1.807, 2.05) is 18.2 Å². The van der Waals surface area contributed by atoms with Crippen LogP contribution in [0.5, 0.6) is 5.75 Å². The number of ether oxygens (including phenoxy) is 1. The minimum atomic E-state index is -0.494. The Bertz CT molecular complexity index is 1290. The lowest BCUT2D eigenvalue weighted by molar-refractivity contribution is -0.111. The van der Waals surface area contributed by atoms with Gasteiger partial charge in [0.1, 0.15) is 11.6 Å². The third kappa shape index (κ3) is 6.98. The van der Waals surface area contributed by atoms with Crippen molar-refractivity contribution >= 4 is 46.5 Å². The summed E-state index contributed by atoms with van der Waals surface area (Å²) in [4.78, 5) is 37.5. The van der Waals surface area contributed by atoms with Crippen LogP contribution in [0.4, 0.5) is 39.3 Å². The number of hydrogen-bond acceptors (Lipinski definition) is 8. The van der Waals surface area contributed by atoms with Crippen molar-refractivity contribution in [3.8, 4) is 5.75 Å². The van der Waals surface area contributed by atoms with Crippen molar-refractivity contribution in [2.45, 2.75) is 6.92 Å². The van der Waals surface area contributed by atoms with E-state index in [4.69, 9.17) is 4.74 Å². The molecule has 198 valence electrons. The lowest BCUT2D eigenvalue weighted by Gasteiger charge is -2.35. The standard InChI is InChI=1S/C27H32N8O3/c1-4-25(36)29-19-7-6-8-20(17-19)30-27(37)33-24-11-12-28-26(32-24)31-22-10-9-21(18-23(22)38-3)35-15-13-34(5-2)14-16-35/h4,6-12,17-18H,1,5,13-16H2,2-3H3,(H,29,36)(H3,28,30,31,32,33,37). The zero-order chi connectivity index (χ0) is 26.9. The van der Waals surface area contributed by atoms with Crippen LogP contribution in [0, 0.1) is 0 Å². The molecule has 0 bridgehead atoms. The number of aromatic nitrogens is 2. The quantitative estimate of drug-likeness (QED) is 0.313. The molecule has 0 radical (unpaired) electrons. The van der Waals surface area contributed by atoms with Crippen LogP contribution in [-0.4, -0.2) is 66.6 Å². The number of benzene rings is 2. The molecule has 0 spiro atoms. The van der Waals surface area contributed by atoms with Gasteiger partial charge in [-0.15, -0.1) is 0 Å². The maximum absolute atomic E-state index is 12.5. The number of hydrogen-bond donors (Lipinski definition) is 4. The van der Waals surface area contributed by atoms with Crippen molar-refractivity contribution in [1.29, 1.82) is 0 Å². The summed E-state index contributed by atoms with van der Waals surface area (Å²) in [5.74, 6) is 0.942. The number of anilines is 6. The molecule has 11 heteroatoms. The van der Waals surface area contributed by atoms with Crippen LogP contribution in [0.15, 0.2) is 67.4 Å². The van der Waals surface area contributed by atoms with Gasteiger partial charge in [-0.2, -0.15) is 4.98 Å². The fourth-order valence-corrected chi connectivity index (χ4v) is 4.06. The Balaban J connectivity index is 1.39. The number of carbonyl (C=O) groups excluding carboxylic acids is 2. The maximum atomic E-state index is 12.5. The SMILES string of the molecule is C=CC(=O)Nc1cccc(NC(=O)Nc2ccnc(Nc3ccc(N4CCN(CC)CC4)cc3OC)n2)c1. The second-order valence-corrected chi connectivity index (χ2v) is 8.55. The minimum Gasteiger partial charge on any atom is -0.494 e. The van der Waals surface area contributed by atoms with Gasteiger partial charge in [0.15, 0.2) is 0 Å². The van der Waals surface area contributed by atoms with Gasteiger partial charge in [0.25, 0.3) is 0 Å². The normalized spacial score (nSPS) is 13.4. The molecule has 2 aromatic carbocycles. The highest BCUT2D eigenvalue weighted by molar-refractivity contribution is 6.01. The fourth-order valence-electron chi connectivity index (χ4n) is 4.06. The first-order chi connectivity index (χ1) is 18.5. The van der Waals surface area contributed by atoms with E-state index < -0.39 is 6.03 Å². The number of carbonyl (C=O) groups is 2. The predicted octanol–water partition coefficient (Wildman–Crippen LogP) is 4.14. The van der Waals surface area contributed by atoms with Gasteiger partial charge in [0.05, 0.1) is 12.8 Å². The summed E-state index contributed by atoms with van der Waals surface area (Å²) >= 11 is 0. The molecule has 1 aromatic heterocycles. The first-order valence-corrected chi connectivity index (χ1v) is 12.3. The van der Waals surface area contributed by atoms with E-state index in [1.165, 1.54) is 6.08 Å². The van der Waals surface area contributed by atoms with Gasteiger partial charge in [-0.1, -0.05) is 19.6 Å². The van der Waals surface area contributed by atoms with E-state index in [1.54, 1.807) is 43.6 Å². The fraction of sp³-hybridized carbons (Fsp3) is 0.259. The molecule has 1 aliphatic heterocycles. The summed E-state index contributed by atoms with van der Waals surface area (Å²) in [5, 5.41) is 11.2. The van der Waals surface area contributed by atoms with Crippen LogP contribution < -0.4 is 30.9 Å². The van der Waals surface area contributed by atoms with E-state index in [2.05, 4.69) is 54.5 Å². The van der Waals surface area contributed by atoms with E-state index in [0.717, 1.165) is 38.4 Å². The molecular weight excluding hydrogens is 484 g/mol. The zero-order valence-corrected chi connectivity index (χ0v) is 21.5. The molecule has 0 saturated carbocycles. The van der Waals surface area contributed by atoms with Gasteiger partial charge in [-0.05, 0) is 49.0 Å². The third-order valence-corrected chi connectivity index (χ3v) is 6.09. The Labute approximate surface area is 221 Å². The van der Waals surface area contributed by atoms with Crippen molar-refractivity contribution in [3.63, 3.8) is 0 Å². The van der Waals surface area contributed by atoms with Crippen LogP contribution in [0.3, 0.4) is 0 Å². The molecule has 2 heterocycles. The minimum absolute atomic E-state index is 0.305. The molecule has 0 aliphatic carbocycles. The lowest BCUT2D eigenvalue weighted by Crippen LogP contribution is -2.46. The first kappa shape index (κ1) is 26.4. The zero-order valence-electron chi connectivity index (χ0n) is 21.5. The molecule has 4 rings (SSSR count). The highest BCUT2D eigenvalue weighted by Gasteiger charge is 2.17. The van der Waals surface area contributed by atoms with Gasteiger partial charge in [0, 0.05) is 55.5 Å². The number of amides is 3. The van der Waals surface area contributed by atoms with Gasteiger partial charge in [-0.25, -0.2) is 9.78 Å². The van der Waals surface area contributed by atoms with Crippen molar-refractivity contribution in [1.82, 2.24) is 14.9 Å². The Morgan fingerprint density at radius 3 is 2.50 bits per heavy atom. The Kier molecular flexibility index (Phi) is 8.73. The molecule has 0 atom stereocenters. The van der Waals surface area contributed by atoms with Gasteiger partial charge in [-0.3, -0.25) is 10.1 Å². The van der Waals surface area contributed by atoms with Crippen LogP contribution in [-0.2, 0) is 4.79 Å². The average Bonchev–Trinajstić information content (AvgIpc) is 2.93. The first-order valence-electron chi connectivity index (χ1n) is 12.3. The van der Waals surface area contributed by atoms with Crippen LogP contribution in [0.25, 0.3) is 0 Å². The molecule has 1 aliphatic rings. The maximum Gasteiger partial charge on any atom is 0.324 e. The van der Waals surface area contributed by atoms with Crippen molar-refractivity contribution in [3.05, 3.63) is 67.4 Å². The number of rotatable bonds is 9. The van der Waals surface area contributed by atoms with Gasteiger partial charge in [0.2, 0.25) is 11.9 Å². The number of nitrogens with zero attached hydrogens (tertiary/aromatic N) is 4. The topological polar surface area (TPSA) is 124 Å². The lowest BCUT2D eigenvalue weighted by atomic mass is 10.2. The summed E-state index contributed by atoms with van der Waals surface area (Å²) in [6.07, 6.45) is 2.72. The van der Waals surface area contributed by atoms with Crippen LogP contribution in [0.2, 0.25) is 0 Å². The molecule has 11 nitrogen and oxygen atoms in total. The Morgan fingerprint density at radius 1 is 1.03 bits per heavy atom. The molecule has 38 heavy (non-hydrogen) atoms. The summed E-state index contributed by atoms with van der Waals surface area (Å²) in [6.45, 7) is 10.7. The van der Waals surface area contributed by atoms with Crippen molar-refractivity contribution in [2.75, 3.05) is 66.0 Å². The summed E-state index contributed by atoms with van der Waals surface area (Å²) in [5.41, 5.74) is 2.84. The third-order valence-electron chi connectivity index (χ3n) is 6.09. The molecular formula is C27H32N8O3. The van der Waals surface area contributed by atoms with E-state index in [0.29, 0.717) is 34.6 Å². The number of piperazine rings is 1. The Morgan fingerprint density at radius 2 is 1.79 bits per heavy atom. The monoisotopic (exact) mass is 516 g/mol. The highest BCUT2D eigenvalue weighted by Crippen LogP contribution is 2.32. The highest BCUT2D eigenvalue weighted by atomic mass is 16.5. The van der Waals surface area contributed by atoms with Gasteiger partial charge < -0.3 is 30.5 Å². The van der Waals surface area contributed by atoms with E-state index in [9.17, 15) is 9.59 Å². The molecule has 4 N–H and O–H groups in total. The molecule has 0 unspecified atom stereocenters. The van der Waals surface area contributed by atoms with E-state index in [-0.39, 0.29) is 5.91 Å². The molecule has 3 amide bonds. The second kappa shape index (κ2) is 12.5. The number of likely N-dealkylation sites (N-methyl/N-ethyl adjacent to an activating group) is 1. The Hall–Kier alpha value is -4.64. The van der Waals surface area contributed by atoms with Crippen LogP contribution in [0.1, 0.15) is 6.92 Å².